The smallest absolute Gasteiger partial charge is 0.406 e. The van der Waals surface area contributed by atoms with Gasteiger partial charge in [0.1, 0.15) is 0 Å². The van der Waals surface area contributed by atoms with Gasteiger partial charge in [-0.25, -0.2) is 9.59 Å². The molecule has 0 spiro atoms. The molecule has 0 unspecified atom stereocenters. The average molecular weight is 231 g/mol. The van der Waals surface area contributed by atoms with Crippen LogP contribution in [0, 0.1) is 0 Å². The van der Waals surface area contributed by atoms with Gasteiger partial charge in [-0.15, -0.1) is 0 Å². The van der Waals surface area contributed by atoms with E-state index < -0.39 is 12.2 Å². The largest absolute Gasteiger partial charge is 0.410 e. The number of carbonyl (C=O) groups excluding carboxylic acids is 2. The fraction of sp³-hybridized carbons (Fsp3) is 0. The van der Waals surface area contributed by atoms with Crippen LogP contribution in [0.15, 0.2) is 18.2 Å². The van der Waals surface area contributed by atoms with Gasteiger partial charge in [0.05, 0.1) is 0 Å². The minimum Gasteiger partial charge on any atom is -0.406 e. The number of ether oxygens (including phenoxy) is 2. The normalized spacial score (nSPS) is 9.40. The first-order chi connectivity index (χ1) is 6.99. The third-order valence-electron chi connectivity index (χ3n) is 1.33. The number of hydrogen-bond donors (Lipinski definition) is 2. The molecule has 0 saturated carbocycles. The summed E-state index contributed by atoms with van der Waals surface area (Å²) in [5, 5.41) is 0.295. The molecule has 6 nitrogen and oxygen atoms in total. The maximum Gasteiger partial charge on any atom is 0.410 e. The average Bonchev–Trinajstić information content (AvgIpc) is 2.08. The molecule has 1 aromatic rings. The Hall–Kier alpha value is -1.95. The zero-order chi connectivity index (χ0) is 11.4. The summed E-state index contributed by atoms with van der Waals surface area (Å²) in [7, 11) is 0. The van der Waals surface area contributed by atoms with Crippen LogP contribution in [-0.2, 0) is 0 Å². The maximum atomic E-state index is 10.5. The van der Waals surface area contributed by atoms with E-state index in [9.17, 15) is 9.59 Å². The number of carbonyl (C=O) groups is 2. The van der Waals surface area contributed by atoms with E-state index in [1.807, 2.05) is 0 Å². The first-order valence-electron chi connectivity index (χ1n) is 3.73. The molecule has 0 radical (unpaired) electrons. The highest BCUT2D eigenvalue weighted by Crippen LogP contribution is 2.30. The Kier molecular flexibility index (Phi) is 3.35. The maximum absolute atomic E-state index is 10.5. The molecule has 80 valence electrons. The lowest BCUT2D eigenvalue weighted by Gasteiger charge is -2.07. The molecule has 0 fully saturated rings. The molecule has 0 aromatic heterocycles. The molecule has 1 rings (SSSR count). The molecule has 7 heteroatoms. The van der Waals surface area contributed by atoms with Crippen LogP contribution in [0.3, 0.4) is 0 Å². The van der Waals surface area contributed by atoms with Gasteiger partial charge in [0.15, 0.2) is 11.5 Å². The van der Waals surface area contributed by atoms with Gasteiger partial charge < -0.3 is 20.9 Å². The highest BCUT2D eigenvalue weighted by molar-refractivity contribution is 6.30. The second-order valence-corrected chi connectivity index (χ2v) is 2.87. The van der Waals surface area contributed by atoms with E-state index in [1.165, 1.54) is 18.2 Å². The summed E-state index contributed by atoms with van der Waals surface area (Å²) in [6, 6.07) is 4.03. The SMILES string of the molecule is NC(=O)Oc1ccc(Cl)cc1OC(N)=O. The number of rotatable bonds is 2. The van der Waals surface area contributed by atoms with Gasteiger partial charge in [-0.1, -0.05) is 11.6 Å². The zero-order valence-corrected chi connectivity index (χ0v) is 8.15. The van der Waals surface area contributed by atoms with Crippen LogP contribution in [0.2, 0.25) is 5.02 Å². The van der Waals surface area contributed by atoms with Gasteiger partial charge >= 0.3 is 12.2 Å². The van der Waals surface area contributed by atoms with Crippen molar-refractivity contribution in [2.75, 3.05) is 0 Å². The van der Waals surface area contributed by atoms with Crippen molar-refractivity contribution in [3.63, 3.8) is 0 Å². The molecule has 0 saturated heterocycles. The first-order valence-corrected chi connectivity index (χ1v) is 4.11. The monoisotopic (exact) mass is 230 g/mol. The number of benzene rings is 1. The highest BCUT2D eigenvalue weighted by atomic mass is 35.5. The van der Waals surface area contributed by atoms with E-state index in [0.717, 1.165) is 0 Å². The van der Waals surface area contributed by atoms with Gasteiger partial charge in [-0.3, -0.25) is 0 Å². The van der Waals surface area contributed by atoms with Crippen molar-refractivity contribution in [2.24, 2.45) is 11.5 Å². The van der Waals surface area contributed by atoms with Crippen molar-refractivity contribution >= 4 is 23.8 Å². The number of nitrogens with two attached hydrogens (primary N) is 2. The van der Waals surface area contributed by atoms with Crippen LogP contribution in [0.1, 0.15) is 0 Å². The second-order valence-electron chi connectivity index (χ2n) is 2.43. The fourth-order valence-electron chi connectivity index (χ4n) is 0.863. The molecule has 1 aromatic carbocycles. The van der Waals surface area contributed by atoms with Crippen molar-refractivity contribution in [2.45, 2.75) is 0 Å². The lowest BCUT2D eigenvalue weighted by molar-refractivity contribution is 0.200. The Morgan fingerprint density at radius 2 is 1.60 bits per heavy atom. The summed E-state index contributed by atoms with van der Waals surface area (Å²) in [6.45, 7) is 0. The summed E-state index contributed by atoms with van der Waals surface area (Å²) < 4.78 is 9.10. The Morgan fingerprint density at radius 1 is 1.07 bits per heavy atom. The van der Waals surface area contributed by atoms with E-state index in [-0.39, 0.29) is 11.5 Å². The molecule has 0 bridgehead atoms. The molecular weight excluding hydrogens is 224 g/mol. The summed E-state index contributed by atoms with van der Waals surface area (Å²) in [5.74, 6) is -0.112. The van der Waals surface area contributed by atoms with Gasteiger partial charge in [0.2, 0.25) is 0 Å². The number of amides is 2. The molecule has 2 amide bonds. The van der Waals surface area contributed by atoms with Gasteiger partial charge in [0, 0.05) is 11.1 Å². The number of halogens is 1. The third-order valence-corrected chi connectivity index (χ3v) is 1.56. The summed E-state index contributed by atoms with van der Waals surface area (Å²) in [6.07, 6.45) is -2.08. The Balaban J connectivity index is 3.02. The molecule has 0 aliphatic heterocycles. The van der Waals surface area contributed by atoms with E-state index in [4.69, 9.17) is 23.1 Å². The fourth-order valence-corrected chi connectivity index (χ4v) is 1.02. The van der Waals surface area contributed by atoms with Crippen LogP contribution >= 0.6 is 11.6 Å². The van der Waals surface area contributed by atoms with Crippen molar-refractivity contribution in [1.82, 2.24) is 0 Å². The minimum absolute atomic E-state index is 0.0364. The standard InChI is InChI=1S/C8H7ClN2O4/c9-4-1-2-5(14-7(10)12)6(3-4)15-8(11)13/h1-3H,(H2,10,12)(H2,11,13). The van der Waals surface area contributed by atoms with Gasteiger partial charge in [0.25, 0.3) is 0 Å². The summed E-state index contributed by atoms with van der Waals surface area (Å²) in [5.41, 5.74) is 9.59. The van der Waals surface area contributed by atoms with Gasteiger partial charge in [-0.2, -0.15) is 0 Å². The van der Waals surface area contributed by atoms with Crippen molar-refractivity contribution in [3.05, 3.63) is 23.2 Å². The van der Waals surface area contributed by atoms with Crippen LogP contribution in [0.25, 0.3) is 0 Å². The molecule has 0 aliphatic carbocycles. The predicted octanol–water partition coefficient (Wildman–Crippen LogP) is 1.26. The van der Waals surface area contributed by atoms with Crippen molar-refractivity contribution in [3.8, 4) is 11.5 Å². The van der Waals surface area contributed by atoms with E-state index in [1.54, 1.807) is 0 Å². The Labute approximate surface area is 89.7 Å². The van der Waals surface area contributed by atoms with E-state index in [2.05, 4.69) is 9.47 Å². The van der Waals surface area contributed by atoms with E-state index >= 15 is 0 Å². The molecule has 0 atom stereocenters. The summed E-state index contributed by atoms with van der Waals surface area (Å²) >= 11 is 5.63. The van der Waals surface area contributed by atoms with Crippen LogP contribution in [-0.4, -0.2) is 12.2 Å². The third kappa shape index (κ3) is 3.35. The quantitative estimate of drug-likeness (QED) is 0.798. The molecule has 15 heavy (non-hydrogen) atoms. The zero-order valence-electron chi connectivity index (χ0n) is 7.40. The predicted molar refractivity (Wildman–Crippen MR) is 51.9 cm³/mol. The van der Waals surface area contributed by atoms with Gasteiger partial charge in [-0.05, 0) is 12.1 Å². The molecule has 4 N–H and O–H groups in total. The first kappa shape index (κ1) is 11.1. The molecule has 0 aliphatic rings. The van der Waals surface area contributed by atoms with Crippen LogP contribution in [0.4, 0.5) is 9.59 Å². The lowest BCUT2D eigenvalue weighted by Crippen LogP contribution is -2.19. The topological polar surface area (TPSA) is 105 Å². The summed E-state index contributed by atoms with van der Waals surface area (Å²) in [4.78, 5) is 21.0. The van der Waals surface area contributed by atoms with Crippen LogP contribution in [0.5, 0.6) is 11.5 Å². The number of primary amides is 2. The Bertz CT molecular complexity index is 408. The molecular formula is C8H7ClN2O4. The van der Waals surface area contributed by atoms with E-state index in [0.29, 0.717) is 5.02 Å². The lowest BCUT2D eigenvalue weighted by atomic mass is 10.3. The van der Waals surface area contributed by atoms with Crippen LogP contribution < -0.4 is 20.9 Å². The highest BCUT2D eigenvalue weighted by Gasteiger charge is 2.10. The molecule has 0 heterocycles. The second kappa shape index (κ2) is 4.52. The Morgan fingerprint density at radius 3 is 2.13 bits per heavy atom. The number of hydrogen-bond acceptors (Lipinski definition) is 4. The van der Waals surface area contributed by atoms with Crippen molar-refractivity contribution in [1.29, 1.82) is 0 Å². The minimum atomic E-state index is -1.05. The van der Waals surface area contributed by atoms with Crippen molar-refractivity contribution < 1.29 is 19.1 Å².